The number of hydrogen-bond donors (Lipinski definition) is 0. The second-order valence-electron chi connectivity index (χ2n) is 8.47. The van der Waals surface area contributed by atoms with E-state index in [4.69, 9.17) is 11.6 Å². The highest BCUT2D eigenvalue weighted by atomic mass is 35.5. The summed E-state index contributed by atoms with van der Waals surface area (Å²) in [5, 5.41) is 0.637. The van der Waals surface area contributed by atoms with Crippen LogP contribution in [0.25, 0.3) is 0 Å². The lowest BCUT2D eigenvalue weighted by atomic mass is 9.68. The number of hydrogen-bond acceptors (Lipinski definition) is 2. The molecule has 0 bridgehead atoms. The fourth-order valence-corrected chi connectivity index (χ4v) is 4.46. The number of benzene rings is 1. The molecule has 1 aliphatic carbocycles. The van der Waals surface area contributed by atoms with Gasteiger partial charge in [-0.2, -0.15) is 0 Å². The summed E-state index contributed by atoms with van der Waals surface area (Å²) in [7, 11) is 1.81. The van der Waals surface area contributed by atoms with E-state index in [-0.39, 0.29) is 24.7 Å². The van der Waals surface area contributed by atoms with Crippen molar-refractivity contribution in [2.75, 3.05) is 26.7 Å². The Balaban J connectivity index is 1.61. The molecule has 1 saturated carbocycles. The lowest BCUT2D eigenvalue weighted by molar-refractivity contribution is -0.144. The van der Waals surface area contributed by atoms with Crippen molar-refractivity contribution in [2.45, 2.75) is 51.7 Å². The van der Waals surface area contributed by atoms with Crippen LogP contribution in [0.5, 0.6) is 0 Å². The van der Waals surface area contributed by atoms with Crippen molar-refractivity contribution in [1.82, 2.24) is 9.80 Å². The lowest BCUT2D eigenvalue weighted by Gasteiger charge is -2.42. The molecule has 2 aliphatic rings. The van der Waals surface area contributed by atoms with E-state index >= 15 is 4.39 Å². The third kappa shape index (κ3) is 4.23. The van der Waals surface area contributed by atoms with Gasteiger partial charge in [-0.3, -0.25) is 9.69 Å². The maximum absolute atomic E-state index is 15.3. The number of carbonyl (C=O) groups excluding carboxylic acids is 1. The van der Waals surface area contributed by atoms with Crippen molar-refractivity contribution >= 4 is 17.5 Å². The molecule has 0 N–H and O–H groups in total. The monoisotopic (exact) mass is 380 g/mol. The molecule has 1 amide bonds. The maximum Gasteiger partial charge on any atom is 0.225 e. The summed E-state index contributed by atoms with van der Waals surface area (Å²) in [6.45, 7) is 7.92. The minimum Gasteiger partial charge on any atom is -0.345 e. The van der Waals surface area contributed by atoms with E-state index in [0.717, 1.165) is 25.2 Å². The molecule has 0 aromatic heterocycles. The Morgan fingerprint density at radius 3 is 2.58 bits per heavy atom. The Bertz CT molecular complexity index is 651. The minimum absolute atomic E-state index is 0.0590. The van der Waals surface area contributed by atoms with Gasteiger partial charge >= 0.3 is 0 Å². The Labute approximate surface area is 161 Å². The fourth-order valence-electron chi connectivity index (χ4n) is 4.22. The van der Waals surface area contributed by atoms with Crippen LogP contribution in [0.15, 0.2) is 18.2 Å². The molecule has 1 aromatic carbocycles. The normalized spacial score (nSPS) is 26.2. The molecule has 2 fully saturated rings. The van der Waals surface area contributed by atoms with E-state index in [1.807, 2.05) is 19.2 Å². The van der Waals surface area contributed by atoms with Crippen LogP contribution in [0.3, 0.4) is 0 Å². The molecule has 1 heterocycles. The second kappa shape index (κ2) is 7.85. The Kier molecular flexibility index (Phi) is 5.93. The van der Waals surface area contributed by atoms with Gasteiger partial charge in [-0.25, -0.2) is 4.39 Å². The molecule has 0 atom stereocenters. The minimum atomic E-state index is -1.42. The first-order chi connectivity index (χ1) is 12.3. The SMILES string of the molecule is CC(C)CN(C)C(=O)[C@H]1C[C@](F)(c2ccc(CN3CCCC3)c(Cl)c2)C1. The highest BCUT2D eigenvalue weighted by Crippen LogP contribution is 2.50. The summed E-state index contributed by atoms with van der Waals surface area (Å²) in [4.78, 5) is 16.5. The molecule has 3 nitrogen and oxygen atoms in total. The number of amides is 1. The molecule has 1 saturated heterocycles. The molecule has 5 heteroatoms. The summed E-state index contributed by atoms with van der Waals surface area (Å²) in [5.41, 5.74) is 0.252. The average molecular weight is 381 g/mol. The van der Waals surface area contributed by atoms with Gasteiger partial charge in [0.1, 0.15) is 5.67 Å². The number of likely N-dealkylation sites (tertiary alicyclic amines) is 1. The molecule has 26 heavy (non-hydrogen) atoms. The molecule has 1 aliphatic heterocycles. The van der Waals surface area contributed by atoms with E-state index < -0.39 is 5.67 Å². The number of halogens is 2. The number of nitrogens with zero attached hydrogens (tertiary/aromatic N) is 2. The van der Waals surface area contributed by atoms with E-state index in [9.17, 15) is 4.79 Å². The van der Waals surface area contributed by atoms with E-state index in [2.05, 4.69) is 18.7 Å². The summed E-state index contributed by atoms with van der Waals surface area (Å²) in [6.07, 6.45) is 3.00. The molecule has 0 radical (unpaired) electrons. The Hall–Kier alpha value is -1.13. The molecule has 0 spiro atoms. The van der Waals surface area contributed by atoms with Gasteiger partial charge in [0, 0.05) is 31.1 Å². The van der Waals surface area contributed by atoms with Gasteiger partial charge < -0.3 is 4.90 Å². The summed E-state index contributed by atoms with van der Waals surface area (Å²) < 4.78 is 15.3. The van der Waals surface area contributed by atoms with Crippen LogP contribution in [-0.2, 0) is 17.0 Å². The van der Waals surface area contributed by atoms with Crippen molar-refractivity contribution in [3.05, 3.63) is 34.3 Å². The third-order valence-corrected chi connectivity index (χ3v) is 6.02. The van der Waals surface area contributed by atoms with E-state index in [0.29, 0.717) is 23.0 Å². The molecular weight excluding hydrogens is 351 g/mol. The zero-order valence-electron chi connectivity index (χ0n) is 16.1. The second-order valence-corrected chi connectivity index (χ2v) is 8.88. The van der Waals surface area contributed by atoms with Gasteiger partial charge in [-0.15, -0.1) is 0 Å². The first-order valence-corrected chi connectivity index (χ1v) is 10.1. The third-order valence-electron chi connectivity index (χ3n) is 5.67. The van der Waals surface area contributed by atoms with Crippen LogP contribution in [0.4, 0.5) is 4.39 Å². The fraction of sp³-hybridized carbons (Fsp3) is 0.667. The smallest absolute Gasteiger partial charge is 0.225 e. The number of carbonyl (C=O) groups is 1. The predicted octanol–water partition coefficient (Wildman–Crippen LogP) is 4.63. The summed E-state index contributed by atoms with van der Waals surface area (Å²) >= 11 is 6.43. The molecule has 1 aromatic rings. The maximum atomic E-state index is 15.3. The molecule has 0 unspecified atom stereocenters. The van der Waals surface area contributed by atoms with Crippen LogP contribution < -0.4 is 0 Å². The van der Waals surface area contributed by atoms with Gasteiger partial charge in [-0.05, 0) is 61.9 Å². The van der Waals surface area contributed by atoms with Crippen molar-refractivity contribution in [2.24, 2.45) is 11.8 Å². The van der Waals surface area contributed by atoms with Crippen LogP contribution in [0, 0.1) is 11.8 Å². The zero-order chi connectivity index (χ0) is 18.9. The molecule has 144 valence electrons. The lowest BCUT2D eigenvalue weighted by Crippen LogP contribution is -2.47. The summed E-state index contributed by atoms with van der Waals surface area (Å²) in [5.74, 6) is 0.261. The van der Waals surface area contributed by atoms with Crippen LogP contribution in [0.2, 0.25) is 5.02 Å². The standard InChI is InChI=1S/C21H30ClFN2O/c1-15(2)13-24(3)20(26)17-11-21(23,12-17)18-7-6-16(19(22)10-18)14-25-8-4-5-9-25/h6-7,10,15,17H,4-5,8-9,11-14H2,1-3H3/t17-,21+. The topological polar surface area (TPSA) is 23.6 Å². The van der Waals surface area contributed by atoms with Crippen molar-refractivity contribution in [3.8, 4) is 0 Å². The Morgan fingerprint density at radius 1 is 1.35 bits per heavy atom. The van der Waals surface area contributed by atoms with Crippen molar-refractivity contribution < 1.29 is 9.18 Å². The first-order valence-electron chi connectivity index (χ1n) is 9.73. The largest absolute Gasteiger partial charge is 0.345 e. The van der Waals surface area contributed by atoms with E-state index in [1.165, 1.54) is 12.8 Å². The van der Waals surface area contributed by atoms with Gasteiger partial charge in [0.15, 0.2) is 0 Å². The zero-order valence-corrected chi connectivity index (χ0v) is 16.9. The summed E-state index contributed by atoms with van der Waals surface area (Å²) in [6, 6.07) is 5.58. The first kappa shape index (κ1) is 19.6. The van der Waals surface area contributed by atoms with Crippen LogP contribution >= 0.6 is 11.6 Å². The van der Waals surface area contributed by atoms with Gasteiger partial charge in [0.05, 0.1) is 0 Å². The van der Waals surface area contributed by atoms with Gasteiger partial charge in [0.25, 0.3) is 0 Å². The number of alkyl halides is 1. The quantitative estimate of drug-likeness (QED) is 0.718. The Morgan fingerprint density at radius 2 is 2.00 bits per heavy atom. The average Bonchev–Trinajstić information content (AvgIpc) is 3.05. The van der Waals surface area contributed by atoms with Crippen LogP contribution in [-0.4, -0.2) is 42.4 Å². The highest BCUT2D eigenvalue weighted by molar-refractivity contribution is 6.31. The predicted molar refractivity (Wildman–Crippen MR) is 104 cm³/mol. The molecular formula is C21H30ClFN2O. The highest BCUT2D eigenvalue weighted by Gasteiger charge is 2.50. The molecule has 3 rings (SSSR count). The van der Waals surface area contributed by atoms with Crippen molar-refractivity contribution in [1.29, 1.82) is 0 Å². The van der Waals surface area contributed by atoms with Crippen molar-refractivity contribution in [3.63, 3.8) is 0 Å². The van der Waals surface area contributed by atoms with Gasteiger partial charge in [0.2, 0.25) is 5.91 Å². The van der Waals surface area contributed by atoms with Crippen LogP contribution in [0.1, 0.15) is 50.7 Å². The van der Waals surface area contributed by atoms with Gasteiger partial charge in [-0.1, -0.05) is 37.6 Å². The van der Waals surface area contributed by atoms with E-state index in [1.54, 1.807) is 11.0 Å². The number of rotatable bonds is 6.